The van der Waals surface area contributed by atoms with Crippen molar-refractivity contribution in [1.29, 1.82) is 0 Å². The van der Waals surface area contributed by atoms with Crippen molar-refractivity contribution in [2.75, 3.05) is 6.54 Å². The molecule has 0 unspecified atom stereocenters. The van der Waals surface area contributed by atoms with Crippen LogP contribution in [0.3, 0.4) is 0 Å². The fraction of sp³-hybridized carbons (Fsp3) is 0.294. The average Bonchev–Trinajstić information content (AvgIpc) is 3.28. The van der Waals surface area contributed by atoms with Gasteiger partial charge in [-0.1, -0.05) is 6.07 Å². The molecular weight excluding hydrogens is 288 g/mol. The fourth-order valence-corrected chi connectivity index (χ4v) is 3.14. The predicted molar refractivity (Wildman–Crippen MR) is 86.2 cm³/mol. The van der Waals surface area contributed by atoms with Gasteiger partial charge in [-0.05, 0) is 31.0 Å². The van der Waals surface area contributed by atoms with Crippen LogP contribution in [0.5, 0.6) is 0 Å². The van der Waals surface area contributed by atoms with E-state index in [0.29, 0.717) is 6.04 Å². The van der Waals surface area contributed by atoms with Crippen LogP contribution in [0, 0.1) is 0 Å². The maximum Gasteiger partial charge on any atom is 0.157 e. The van der Waals surface area contributed by atoms with E-state index in [0.717, 1.165) is 36.7 Å². The summed E-state index contributed by atoms with van der Waals surface area (Å²) in [6.45, 7) is 1.97. The third kappa shape index (κ3) is 2.98. The SMILES string of the molecule is c1cncc(CN2CCC[C@H]2c2cncc(-c3ncc[nH]3)n2)c1. The van der Waals surface area contributed by atoms with Gasteiger partial charge in [0, 0.05) is 31.3 Å². The Morgan fingerprint density at radius 1 is 1.17 bits per heavy atom. The van der Waals surface area contributed by atoms with Crippen LogP contribution in [-0.2, 0) is 6.54 Å². The number of aromatic amines is 1. The van der Waals surface area contributed by atoms with Crippen molar-refractivity contribution in [2.45, 2.75) is 25.4 Å². The van der Waals surface area contributed by atoms with E-state index < -0.39 is 0 Å². The molecule has 0 saturated carbocycles. The third-order valence-corrected chi connectivity index (χ3v) is 4.21. The number of nitrogens with zero attached hydrogens (tertiary/aromatic N) is 5. The van der Waals surface area contributed by atoms with E-state index in [4.69, 9.17) is 4.98 Å². The van der Waals surface area contributed by atoms with Crippen molar-refractivity contribution >= 4 is 0 Å². The van der Waals surface area contributed by atoms with Crippen molar-refractivity contribution in [3.05, 3.63) is 60.6 Å². The molecule has 3 aromatic rings. The van der Waals surface area contributed by atoms with Gasteiger partial charge in [0.2, 0.25) is 0 Å². The largest absolute Gasteiger partial charge is 0.343 e. The van der Waals surface area contributed by atoms with Crippen LogP contribution in [0.2, 0.25) is 0 Å². The van der Waals surface area contributed by atoms with Crippen molar-refractivity contribution in [1.82, 2.24) is 29.8 Å². The fourth-order valence-electron chi connectivity index (χ4n) is 3.14. The molecule has 116 valence electrons. The number of imidazole rings is 1. The van der Waals surface area contributed by atoms with E-state index in [1.54, 1.807) is 18.6 Å². The Labute approximate surface area is 134 Å². The van der Waals surface area contributed by atoms with Crippen LogP contribution in [0.15, 0.2) is 49.3 Å². The van der Waals surface area contributed by atoms with Gasteiger partial charge in [0.05, 0.1) is 24.1 Å². The van der Waals surface area contributed by atoms with Gasteiger partial charge in [0.1, 0.15) is 5.69 Å². The number of pyridine rings is 1. The Bertz CT molecular complexity index is 756. The lowest BCUT2D eigenvalue weighted by Crippen LogP contribution is -2.23. The topological polar surface area (TPSA) is 70.6 Å². The maximum atomic E-state index is 4.78. The Kier molecular flexibility index (Phi) is 3.81. The lowest BCUT2D eigenvalue weighted by Gasteiger charge is -2.23. The highest BCUT2D eigenvalue weighted by atomic mass is 15.2. The van der Waals surface area contributed by atoms with Gasteiger partial charge < -0.3 is 4.98 Å². The number of nitrogens with one attached hydrogen (secondary N) is 1. The summed E-state index contributed by atoms with van der Waals surface area (Å²) >= 11 is 0. The summed E-state index contributed by atoms with van der Waals surface area (Å²) in [6.07, 6.45) is 13.2. The van der Waals surface area contributed by atoms with Crippen LogP contribution < -0.4 is 0 Å². The van der Waals surface area contributed by atoms with Gasteiger partial charge in [0.15, 0.2) is 5.82 Å². The van der Waals surface area contributed by atoms with E-state index >= 15 is 0 Å². The standard InChI is InChI=1S/C17H18N6/c1-3-13(9-18-5-1)12-23-8-2-4-16(23)14-10-19-11-15(22-14)17-20-6-7-21-17/h1,3,5-7,9-11,16H,2,4,8,12H2,(H,20,21)/t16-/m0/s1. The van der Waals surface area contributed by atoms with Crippen LogP contribution in [0.25, 0.3) is 11.5 Å². The minimum Gasteiger partial charge on any atom is -0.343 e. The molecule has 0 aliphatic carbocycles. The van der Waals surface area contributed by atoms with Crippen LogP contribution in [0.4, 0.5) is 0 Å². The van der Waals surface area contributed by atoms with E-state index in [1.807, 2.05) is 24.7 Å². The molecule has 23 heavy (non-hydrogen) atoms. The number of hydrogen-bond donors (Lipinski definition) is 1. The summed E-state index contributed by atoms with van der Waals surface area (Å²) in [5, 5.41) is 0. The van der Waals surface area contributed by atoms with Gasteiger partial charge in [-0.15, -0.1) is 0 Å². The van der Waals surface area contributed by atoms with E-state index in [-0.39, 0.29) is 0 Å². The smallest absolute Gasteiger partial charge is 0.157 e. The molecule has 0 bridgehead atoms. The molecule has 1 aliphatic heterocycles. The monoisotopic (exact) mass is 306 g/mol. The van der Waals surface area contributed by atoms with Gasteiger partial charge in [0.25, 0.3) is 0 Å². The quantitative estimate of drug-likeness (QED) is 0.802. The van der Waals surface area contributed by atoms with Crippen LogP contribution >= 0.6 is 0 Å². The normalized spacial score (nSPS) is 18.3. The lowest BCUT2D eigenvalue weighted by molar-refractivity contribution is 0.244. The first-order valence-corrected chi connectivity index (χ1v) is 7.85. The lowest BCUT2D eigenvalue weighted by atomic mass is 10.1. The number of aromatic nitrogens is 5. The Balaban J connectivity index is 1.58. The van der Waals surface area contributed by atoms with E-state index in [1.165, 1.54) is 12.0 Å². The molecule has 6 heteroatoms. The average molecular weight is 306 g/mol. The molecule has 0 radical (unpaired) electrons. The summed E-state index contributed by atoms with van der Waals surface area (Å²) < 4.78 is 0. The van der Waals surface area contributed by atoms with Crippen molar-refractivity contribution < 1.29 is 0 Å². The highest BCUT2D eigenvalue weighted by Crippen LogP contribution is 2.32. The number of H-pyrrole nitrogens is 1. The number of hydrogen-bond acceptors (Lipinski definition) is 5. The first-order valence-electron chi connectivity index (χ1n) is 7.85. The number of rotatable bonds is 4. The van der Waals surface area contributed by atoms with Crippen LogP contribution in [-0.4, -0.2) is 36.4 Å². The third-order valence-electron chi connectivity index (χ3n) is 4.21. The first-order chi connectivity index (χ1) is 11.4. The maximum absolute atomic E-state index is 4.78. The van der Waals surface area contributed by atoms with Gasteiger partial charge in [-0.3, -0.25) is 14.9 Å². The molecule has 1 saturated heterocycles. The summed E-state index contributed by atoms with van der Waals surface area (Å²) in [6, 6.07) is 4.41. The summed E-state index contributed by atoms with van der Waals surface area (Å²) in [7, 11) is 0. The zero-order chi connectivity index (χ0) is 15.5. The number of likely N-dealkylation sites (tertiary alicyclic amines) is 1. The highest BCUT2D eigenvalue weighted by molar-refractivity contribution is 5.47. The minimum atomic E-state index is 0.303. The van der Waals surface area contributed by atoms with Crippen LogP contribution in [0.1, 0.15) is 30.1 Å². The van der Waals surface area contributed by atoms with E-state index in [2.05, 4.69) is 30.9 Å². The second-order valence-electron chi connectivity index (χ2n) is 5.76. The molecule has 4 heterocycles. The van der Waals surface area contributed by atoms with Crippen molar-refractivity contribution in [3.63, 3.8) is 0 Å². The molecule has 1 N–H and O–H groups in total. The molecule has 1 atom stereocenters. The van der Waals surface area contributed by atoms with Crippen molar-refractivity contribution in [3.8, 4) is 11.5 Å². The van der Waals surface area contributed by atoms with Gasteiger partial charge >= 0.3 is 0 Å². The Morgan fingerprint density at radius 2 is 2.17 bits per heavy atom. The first kappa shape index (κ1) is 14.0. The molecule has 6 nitrogen and oxygen atoms in total. The molecule has 0 amide bonds. The summed E-state index contributed by atoms with van der Waals surface area (Å²) in [5.41, 5.74) is 3.04. The molecule has 1 fully saturated rings. The molecular formula is C17H18N6. The Hall–Kier alpha value is -2.60. The van der Waals surface area contributed by atoms with E-state index in [9.17, 15) is 0 Å². The summed E-state index contributed by atoms with van der Waals surface area (Å²) in [4.78, 5) is 23.1. The molecule has 3 aromatic heterocycles. The second-order valence-corrected chi connectivity index (χ2v) is 5.76. The highest BCUT2D eigenvalue weighted by Gasteiger charge is 2.27. The summed E-state index contributed by atoms with van der Waals surface area (Å²) in [5.74, 6) is 0.760. The van der Waals surface area contributed by atoms with Crippen molar-refractivity contribution in [2.24, 2.45) is 0 Å². The van der Waals surface area contributed by atoms with Gasteiger partial charge in [-0.25, -0.2) is 9.97 Å². The molecule has 0 spiro atoms. The molecule has 1 aliphatic rings. The zero-order valence-corrected chi connectivity index (χ0v) is 12.8. The Morgan fingerprint density at radius 3 is 3.00 bits per heavy atom. The minimum absolute atomic E-state index is 0.303. The predicted octanol–water partition coefficient (Wildman–Crippen LogP) is 2.60. The second kappa shape index (κ2) is 6.26. The molecule has 4 rings (SSSR count). The van der Waals surface area contributed by atoms with Gasteiger partial charge in [-0.2, -0.15) is 0 Å². The zero-order valence-electron chi connectivity index (χ0n) is 12.8. The molecule has 0 aromatic carbocycles.